The molecule has 1 aromatic rings. The van der Waals surface area contributed by atoms with E-state index in [4.69, 9.17) is 4.74 Å². The molecule has 1 amide bonds. The van der Waals surface area contributed by atoms with Gasteiger partial charge in [-0.3, -0.25) is 14.7 Å². The van der Waals surface area contributed by atoms with Gasteiger partial charge in [0.25, 0.3) is 0 Å². The molecule has 1 aromatic heterocycles. The number of anilines is 1. The van der Waals surface area contributed by atoms with Crippen molar-refractivity contribution < 1.29 is 14.3 Å². The maximum absolute atomic E-state index is 12.5. The third-order valence-corrected chi connectivity index (χ3v) is 4.99. The Morgan fingerprint density at radius 1 is 1.16 bits per heavy atom. The van der Waals surface area contributed by atoms with E-state index in [1.165, 1.54) is 6.42 Å². The predicted molar refractivity (Wildman–Crippen MR) is 94.0 cm³/mol. The van der Waals surface area contributed by atoms with Crippen molar-refractivity contribution in [1.29, 1.82) is 0 Å². The Bertz CT molecular complexity index is 555. The second-order valence-electron chi connectivity index (χ2n) is 6.61. The van der Waals surface area contributed by atoms with Crippen molar-refractivity contribution in [3.05, 3.63) is 24.5 Å². The molecular weight excluding hydrogens is 320 g/mol. The number of aromatic nitrogens is 1. The Labute approximate surface area is 148 Å². The molecule has 7 nitrogen and oxygen atoms in total. The molecule has 2 aliphatic rings. The number of hydrogen-bond acceptors (Lipinski definition) is 6. The first kappa shape index (κ1) is 17.7. The SMILES string of the molecule is O=CNC(C(=O)OC1CCCCC1)N1CCN(c2ccncc2)CC1. The van der Waals surface area contributed by atoms with E-state index in [1.54, 1.807) is 12.4 Å². The largest absolute Gasteiger partial charge is 0.460 e. The van der Waals surface area contributed by atoms with Crippen molar-refractivity contribution in [3.63, 3.8) is 0 Å². The lowest BCUT2D eigenvalue weighted by Crippen LogP contribution is -2.58. The minimum Gasteiger partial charge on any atom is -0.460 e. The highest BCUT2D eigenvalue weighted by molar-refractivity contribution is 5.78. The molecule has 1 aliphatic heterocycles. The zero-order chi connectivity index (χ0) is 17.5. The van der Waals surface area contributed by atoms with Crippen molar-refractivity contribution in [1.82, 2.24) is 15.2 Å². The fraction of sp³-hybridized carbons (Fsp3) is 0.611. The lowest BCUT2D eigenvalue weighted by molar-refractivity contribution is -0.159. The summed E-state index contributed by atoms with van der Waals surface area (Å²) in [7, 11) is 0. The Balaban J connectivity index is 1.55. The number of carbonyl (C=O) groups is 2. The van der Waals surface area contributed by atoms with Crippen molar-refractivity contribution in [2.24, 2.45) is 0 Å². The average molecular weight is 346 g/mol. The van der Waals surface area contributed by atoms with Crippen LogP contribution in [0.5, 0.6) is 0 Å². The van der Waals surface area contributed by atoms with Gasteiger partial charge in [0.2, 0.25) is 6.41 Å². The Kier molecular flexibility index (Phi) is 6.22. The summed E-state index contributed by atoms with van der Waals surface area (Å²) < 4.78 is 5.65. The van der Waals surface area contributed by atoms with Gasteiger partial charge >= 0.3 is 5.97 Å². The summed E-state index contributed by atoms with van der Waals surface area (Å²) in [4.78, 5) is 31.8. The van der Waals surface area contributed by atoms with Crippen LogP contribution < -0.4 is 10.2 Å². The van der Waals surface area contributed by atoms with Gasteiger partial charge in [-0.25, -0.2) is 4.79 Å². The number of amides is 1. The second kappa shape index (κ2) is 8.80. The van der Waals surface area contributed by atoms with Gasteiger partial charge in [-0.15, -0.1) is 0 Å². The molecule has 2 fully saturated rings. The van der Waals surface area contributed by atoms with Crippen molar-refractivity contribution in [3.8, 4) is 0 Å². The number of ether oxygens (including phenoxy) is 1. The number of pyridine rings is 1. The van der Waals surface area contributed by atoms with Crippen molar-refractivity contribution >= 4 is 18.1 Å². The number of piperazine rings is 1. The molecule has 2 heterocycles. The van der Waals surface area contributed by atoms with Gasteiger partial charge in [0, 0.05) is 44.3 Å². The van der Waals surface area contributed by atoms with E-state index >= 15 is 0 Å². The van der Waals surface area contributed by atoms with Crippen molar-refractivity contribution in [2.45, 2.75) is 44.4 Å². The van der Waals surface area contributed by atoms with Gasteiger partial charge in [0.15, 0.2) is 6.17 Å². The van der Waals surface area contributed by atoms with E-state index in [0.717, 1.165) is 44.5 Å². The van der Waals surface area contributed by atoms with Crippen LogP contribution in [-0.2, 0) is 14.3 Å². The second-order valence-corrected chi connectivity index (χ2v) is 6.61. The Morgan fingerprint density at radius 2 is 1.84 bits per heavy atom. The molecule has 0 radical (unpaired) electrons. The molecule has 0 spiro atoms. The zero-order valence-corrected chi connectivity index (χ0v) is 14.5. The first-order chi connectivity index (χ1) is 12.3. The average Bonchev–Trinajstić information content (AvgIpc) is 2.68. The van der Waals surface area contributed by atoms with E-state index in [2.05, 4.69) is 15.2 Å². The molecule has 25 heavy (non-hydrogen) atoms. The van der Waals surface area contributed by atoms with Gasteiger partial charge in [-0.05, 0) is 37.8 Å². The van der Waals surface area contributed by atoms with Crippen LogP contribution in [0.4, 0.5) is 5.69 Å². The third kappa shape index (κ3) is 4.69. The number of nitrogens with zero attached hydrogens (tertiary/aromatic N) is 3. The van der Waals surface area contributed by atoms with Crippen molar-refractivity contribution in [2.75, 3.05) is 31.1 Å². The van der Waals surface area contributed by atoms with Crippen LogP contribution in [0.2, 0.25) is 0 Å². The Morgan fingerprint density at radius 3 is 2.48 bits per heavy atom. The molecule has 1 unspecified atom stereocenters. The molecule has 1 saturated heterocycles. The normalized spacial score (nSPS) is 20.7. The van der Waals surface area contributed by atoms with E-state index in [1.807, 2.05) is 17.0 Å². The summed E-state index contributed by atoms with van der Waals surface area (Å²) in [6.07, 6.45) is 8.71. The van der Waals surface area contributed by atoms with Crippen LogP contribution in [0.1, 0.15) is 32.1 Å². The molecule has 3 rings (SSSR count). The van der Waals surface area contributed by atoms with Crippen LogP contribution >= 0.6 is 0 Å². The molecule has 1 atom stereocenters. The van der Waals surface area contributed by atoms with E-state index in [9.17, 15) is 9.59 Å². The molecule has 1 aliphatic carbocycles. The smallest absolute Gasteiger partial charge is 0.344 e. The Hall–Kier alpha value is -2.15. The minimum absolute atomic E-state index is 0.00434. The highest BCUT2D eigenvalue weighted by Crippen LogP contribution is 2.21. The molecule has 1 N–H and O–H groups in total. The summed E-state index contributed by atoms with van der Waals surface area (Å²) in [5.74, 6) is -0.337. The molecule has 0 bridgehead atoms. The van der Waals surface area contributed by atoms with Gasteiger partial charge in [-0.2, -0.15) is 0 Å². The summed E-state index contributed by atoms with van der Waals surface area (Å²) in [5, 5.41) is 2.64. The zero-order valence-electron chi connectivity index (χ0n) is 14.5. The molecule has 7 heteroatoms. The lowest BCUT2D eigenvalue weighted by atomic mass is 9.98. The summed E-state index contributed by atoms with van der Waals surface area (Å²) in [6, 6.07) is 3.96. The van der Waals surface area contributed by atoms with Crippen LogP contribution in [0, 0.1) is 0 Å². The summed E-state index contributed by atoms with van der Waals surface area (Å²) in [6.45, 7) is 2.96. The molecule has 1 saturated carbocycles. The first-order valence-corrected chi connectivity index (χ1v) is 9.07. The fourth-order valence-electron chi connectivity index (χ4n) is 3.59. The van der Waals surface area contributed by atoms with E-state index in [0.29, 0.717) is 19.5 Å². The van der Waals surface area contributed by atoms with Gasteiger partial charge < -0.3 is 15.0 Å². The maximum atomic E-state index is 12.5. The summed E-state index contributed by atoms with van der Waals surface area (Å²) >= 11 is 0. The molecular formula is C18H26N4O3. The lowest BCUT2D eigenvalue weighted by Gasteiger charge is -2.39. The molecule has 0 aromatic carbocycles. The van der Waals surface area contributed by atoms with E-state index in [-0.39, 0.29) is 12.1 Å². The van der Waals surface area contributed by atoms with Crippen LogP contribution in [0.25, 0.3) is 0 Å². The highest BCUT2D eigenvalue weighted by atomic mass is 16.5. The van der Waals surface area contributed by atoms with Crippen LogP contribution in [-0.4, -0.2) is 60.7 Å². The monoisotopic (exact) mass is 346 g/mol. The number of esters is 1. The number of hydrogen-bond donors (Lipinski definition) is 1. The van der Waals surface area contributed by atoms with Gasteiger partial charge in [-0.1, -0.05) is 6.42 Å². The van der Waals surface area contributed by atoms with Crippen LogP contribution in [0.3, 0.4) is 0 Å². The van der Waals surface area contributed by atoms with Crippen LogP contribution in [0.15, 0.2) is 24.5 Å². The van der Waals surface area contributed by atoms with Gasteiger partial charge in [0.05, 0.1) is 0 Å². The quantitative estimate of drug-likeness (QED) is 0.615. The first-order valence-electron chi connectivity index (χ1n) is 9.07. The fourth-order valence-corrected chi connectivity index (χ4v) is 3.59. The predicted octanol–water partition coefficient (Wildman–Crippen LogP) is 1.15. The third-order valence-electron chi connectivity index (χ3n) is 4.99. The minimum atomic E-state index is -0.695. The maximum Gasteiger partial charge on any atom is 0.344 e. The number of rotatable bonds is 6. The van der Waals surface area contributed by atoms with Gasteiger partial charge in [0.1, 0.15) is 6.10 Å². The van der Waals surface area contributed by atoms with E-state index < -0.39 is 6.17 Å². The topological polar surface area (TPSA) is 74.8 Å². The highest BCUT2D eigenvalue weighted by Gasteiger charge is 2.31. The standard InChI is InChI=1S/C18H26N4O3/c23-14-20-17(18(24)25-16-4-2-1-3-5-16)22-12-10-21(11-13-22)15-6-8-19-9-7-15/h6-9,14,16-17H,1-5,10-13H2,(H,20,23). The number of carbonyl (C=O) groups excluding carboxylic acids is 2. The number of nitrogens with one attached hydrogen (secondary N) is 1. The molecule has 136 valence electrons. The summed E-state index contributed by atoms with van der Waals surface area (Å²) in [5.41, 5.74) is 1.12.